The van der Waals surface area contributed by atoms with Crippen LogP contribution in [0.3, 0.4) is 0 Å². The van der Waals surface area contributed by atoms with Crippen molar-refractivity contribution in [3.63, 3.8) is 0 Å². The van der Waals surface area contributed by atoms with Gasteiger partial charge in [0.05, 0.1) is 12.1 Å². The van der Waals surface area contributed by atoms with Crippen molar-refractivity contribution in [3.8, 4) is 0 Å². The Kier molecular flexibility index (Phi) is 5.73. The molecule has 0 bridgehead atoms. The second-order valence-electron chi connectivity index (χ2n) is 5.50. The number of ether oxygens (including phenoxy) is 1. The fourth-order valence-electron chi connectivity index (χ4n) is 2.72. The van der Waals surface area contributed by atoms with Crippen LogP contribution in [-0.2, 0) is 16.1 Å². The van der Waals surface area contributed by atoms with Gasteiger partial charge >= 0.3 is 0 Å². The smallest absolute Gasteiger partial charge is 0.241 e. The second kappa shape index (κ2) is 7.54. The quantitative estimate of drug-likeness (QED) is 0.864. The number of hydrogen-bond donors (Lipinski definition) is 2. The first-order valence-electron chi connectivity index (χ1n) is 7.51. The Labute approximate surface area is 126 Å². The van der Waals surface area contributed by atoms with Crippen LogP contribution in [0.2, 0.25) is 0 Å². The summed E-state index contributed by atoms with van der Waals surface area (Å²) in [5.74, 6) is 0.0202. The predicted molar refractivity (Wildman–Crippen MR) is 84.0 cm³/mol. The summed E-state index contributed by atoms with van der Waals surface area (Å²) in [7, 11) is 1.75. The lowest BCUT2D eigenvalue weighted by Crippen LogP contribution is -2.47. The number of nitrogens with one attached hydrogen (secondary N) is 1. The molecule has 1 heterocycles. The largest absolute Gasteiger partial charge is 0.381 e. The first-order valence-corrected chi connectivity index (χ1v) is 7.51. The Morgan fingerprint density at radius 3 is 2.71 bits per heavy atom. The van der Waals surface area contributed by atoms with E-state index in [0.717, 1.165) is 37.2 Å². The van der Waals surface area contributed by atoms with E-state index in [9.17, 15) is 4.79 Å². The zero-order valence-corrected chi connectivity index (χ0v) is 12.8. The molecule has 1 saturated heterocycles. The molecule has 1 unspecified atom stereocenters. The van der Waals surface area contributed by atoms with E-state index in [0.29, 0.717) is 12.6 Å². The molecule has 2 rings (SSSR count). The number of para-hydroxylation sites is 1. The molecule has 1 aliphatic rings. The summed E-state index contributed by atoms with van der Waals surface area (Å²) in [4.78, 5) is 14.6. The Hall–Kier alpha value is -1.43. The van der Waals surface area contributed by atoms with Crippen LogP contribution in [0.5, 0.6) is 0 Å². The number of rotatable bonds is 5. The average Bonchev–Trinajstić information content (AvgIpc) is 2.54. The lowest BCUT2D eigenvalue weighted by molar-refractivity contribution is -0.121. The number of nitrogens with two attached hydrogens (primary N) is 1. The van der Waals surface area contributed by atoms with Gasteiger partial charge in [0.15, 0.2) is 0 Å². The van der Waals surface area contributed by atoms with Gasteiger partial charge in [0, 0.05) is 32.4 Å². The summed E-state index contributed by atoms with van der Waals surface area (Å²) >= 11 is 0. The molecule has 0 aliphatic carbocycles. The van der Waals surface area contributed by atoms with E-state index in [2.05, 4.69) is 10.2 Å². The van der Waals surface area contributed by atoms with Crippen LogP contribution in [0.1, 0.15) is 25.3 Å². The number of likely N-dealkylation sites (tertiary alicyclic amines) is 1. The fourth-order valence-corrected chi connectivity index (χ4v) is 2.72. The van der Waals surface area contributed by atoms with Crippen LogP contribution in [0.4, 0.5) is 5.69 Å². The molecular weight excluding hydrogens is 266 g/mol. The molecule has 0 saturated carbocycles. The lowest BCUT2D eigenvalue weighted by atomic mass is 10.1. The molecule has 1 aromatic rings. The van der Waals surface area contributed by atoms with E-state index in [1.54, 1.807) is 7.11 Å². The monoisotopic (exact) mass is 291 g/mol. The summed E-state index contributed by atoms with van der Waals surface area (Å²) in [5.41, 5.74) is 7.46. The molecule has 0 radical (unpaired) electrons. The van der Waals surface area contributed by atoms with Gasteiger partial charge in [-0.2, -0.15) is 0 Å². The maximum absolute atomic E-state index is 12.4. The number of carbonyl (C=O) groups excluding carboxylic acids is 1. The van der Waals surface area contributed by atoms with E-state index >= 15 is 0 Å². The average molecular weight is 291 g/mol. The predicted octanol–water partition coefficient (Wildman–Crippen LogP) is 1.58. The maximum atomic E-state index is 12.4. The van der Waals surface area contributed by atoms with Gasteiger partial charge in [-0.15, -0.1) is 0 Å². The molecule has 116 valence electrons. The van der Waals surface area contributed by atoms with Gasteiger partial charge in [-0.05, 0) is 31.4 Å². The Balaban J connectivity index is 1.94. The Bertz CT molecular complexity index is 470. The van der Waals surface area contributed by atoms with Crippen molar-refractivity contribution in [1.29, 1.82) is 0 Å². The molecule has 21 heavy (non-hydrogen) atoms. The molecule has 5 nitrogen and oxygen atoms in total. The number of methoxy groups -OCH3 is 1. The van der Waals surface area contributed by atoms with Crippen LogP contribution in [-0.4, -0.2) is 43.2 Å². The molecule has 1 atom stereocenters. The fraction of sp³-hybridized carbons (Fsp3) is 0.562. The van der Waals surface area contributed by atoms with Gasteiger partial charge in [0.25, 0.3) is 0 Å². The van der Waals surface area contributed by atoms with E-state index < -0.39 is 0 Å². The highest BCUT2D eigenvalue weighted by atomic mass is 16.5. The van der Waals surface area contributed by atoms with Crippen LogP contribution >= 0.6 is 0 Å². The zero-order valence-electron chi connectivity index (χ0n) is 12.8. The summed E-state index contributed by atoms with van der Waals surface area (Å²) < 4.78 is 5.36. The molecule has 1 aromatic carbocycles. The van der Waals surface area contributed by atoms with E-state index in [-0.39, 0.29) is 11.9 Å². The van der Waals surface area contributed by atoms with Crippen molar-refractivity contribution in [3.05, 3.63) is 29.8 Å². The van der Waals surface area contributed by atoms with Crippen LogP contribution in [0, 0.1) is 0 Å². The summed E-state index contributed by atoms with van der Waals surface area (Å²) in [6, 6.07) is 7.52. The third kappa shape index (κ3) is 4.03. The highest BCUT2D eigenvalue weighted by Crippen LogP contribution is 2.18. The lowest BCUT2D eigenvalue weighted by Gasteiger charge is -2.34. The zero-order chi connectivity index (χ0) is 15.2. The van der Waals surface area contributed by atoms with E-state index in [1.807, 2.05) is 31.2 Å². The molecule has 0 aromatic heterocycles. The minimum Gasteiger partial charge on any atom is -0.381 e. The molecule has 3 N–H and O–H groups in total. The topological polar surface area (TPSA) is 67.6 Å². The first-order chi connectivity index (χ1) is 10.2. The van der Waals surface area contributed by atoms with Gasteiger partial charge in [0.1, 0.15) is 0 Å². The van der Waals surface area contributed by atoms with E-state index in [4.69, 9.17) is 10.5 Å². The minimum atomic E-state index is -0.145. The number of nitrogens with zero attached hydrogens (tertiary/aromatic N) is 1. The molecule has 0 spiro atoms. The maximum Gasteiger partial charge on any atom is 0.241 e. The molecule has 1 aliphatic heterocycles. The van der Waals surface area contributed by atoms with E-state index in [1.165, 1.54) is 0 Å². The van der Waals surface area contributed by atoms with Gasteiger partial charge in [0.2, 0.25) is 5.91 Å². The Morgan fingerprint density at radius 1 is 1.43 bits per heavy atom. The Morgan fingerprint density at radius 2 is 2.10 bits per heavy atom. The number of anilines is 1. The third-order valence-electron chi connectivity index (χ3n) is 4.23. The standard InChI is InChI=1S/C16H25N3O2/c1-12(19-9-7-14(21-2)8-10-19)16(20)18-15-6-4-3-5-13(15)11-17/h3-6,12,14H,7-11,17H2,1-2H3,(H,18,20). The molecule has 1 fully saturated rings. The number of amides is 1. The van der Waals surface area contributed by atoms with Crippen molar-refractivity contribution in [2.24, 2.45) is 5.73 Å². The molecule has 1 amide bonds. The molecular formula is C16H25N3O2. The minimum absolute atomic E-state index is 0.0202. The highest BCUT2D eigenvalue weighted by molar-refractivity contribution is 5.95. The SMILES string of the molecule is COC1CCN(C(C)C(=O)Nc2ccccc2CN)CC1. The number of piperidine rings is 1. The first kappa shape index (κ1) is 15.9. The van der Waals surface area contributed by atoms with Crippen LogP contribution < -0.4 is 11.1 Å². The van der Waals surface area contributed by atoms with Gasteiger partial charge in [-0.3, -0.25) is 9.69 Å². The molecule has 5 heteroatoms. The van der Waals surface area contributed by atoms with Crippen molar-refractivity contribution < 1.29 is 9.53 Å². The number of hydrogen-bond acceptors (Lipinski definition) is 4. The summed E-state index contributed by atoms with van der Waals surface area (Å²) in [5, 5.41) is 2.99. The van der Waals surface area contributed by atoms with Gasteiger partial charge in [-0.25, -0.2) is 0 Å². The van der Waals surface area contributed by atoms with Gasteiger partial charge in [-0.1, -0.05) is 18.2 Å². The summed E-state index contributed by atoms with van der Waals surface area (Å²) in [6.07, 6.45) is 2.29. The number of benzene rings is 1. The van der Waals surface area contributed by atoms with Crippen LogP contribution in [0.15, 0.2) is 24.3 Å². The van der Waals surface area contributed by atoms with Crippen molar-refractivity contribution in [2.75, 3.05) is 25.5 Å². The summed E-state index contributed by atoms with van der Waals surface area (Å²) in [6.45, 7) is 4.16. The number of carbonyl (C=O) groups is 1. The van der Waals surface area contributed by atoms with Crippen molar-refractivity contribution >= 4 is 11.6 Å². The van der Waals surface area contributed by atoms with Crippen molar-refractivity contribution in [2.45, 2.75) is 38.5 Å². The second-order valence-corrected chi connectivity index (χ2v) is 5.50. The van der Waals surface area contributed by atoms with Crippen molar-refractivity contribution in [1.82, 2.24) is 4.90 Å². The normalized spacial score (nSPS) is 18.4. The van der Waals surface area contributed by atoms with Crippen LogP contribution in [0.25, 0.3) is 0 Å². The third-order valence-corrected chi connectivity index (χ3v) is 4.23. The highest BCUT2D eigenvalue weighted by Gasteiger charge is 2.26. The van der Waals surface area contributed by atoms with Gasteiger partial charge < -0.3 is 15.8 Å².